The van der Waals surface area contributed by atoms with E-state index in [0.29, 0.717) is 5.56 Å². The Morgan fingerprint density at radius 3 is 1.59 bits per heavy atom. The second kappa shape index (κ2) is 10.8. The fraction of sp³-hybridized carbons (Fsp3) is 0.424. The minimum atomic E-state index is -0.327. The van der Waals surface area contributed by atoms with Crippen molar-refractivity contribution in [1.82, 2.24) is 10.6 Å². The number of carbonyl (C=O) groups is 1. The largest absolute Gasteiger partial charge is 0.366 e. The van der Waals surface area contributed by atoms with Gasteiger partial charge in [-0.05, 0) is 92.0 Å². The molecule has 3 aromatic rings. The van der Waals surface area contributed by atoms with Crippen molar-refractivity contribution in [2.45, 2.75) is 62.2 Å². The van der Waals surface area contributed by atoms with Crippen molar-refractivity contribution in [1.29, 1.82) is 0 Å². The number of hydrogen-bond donors (Lipinski definition) is 3. The van der Waals surface area contributed by atoms with Crippen LogP contribution < -0.4 is 16.4 Å². The van der Waals surface area contributed by atoms with Crippen molar-refractivity contribution in [2.75, 3.05) is 26.2 Å². The van der Waals surface area contributed by atoms with Crippen LogP contribution in [0.5, 0.6) is 0 Å². The Bertz CT molecular complexity index is 1190. The van der Waals surface area contributed by atoms with Gasteiger partial charge in [0.2, 0.25) is 5.91 Å². The second-order valence-corrected chi connectivity index (χ2v) is 11.2. The number of hydrogen-bond acceptors (Lipinski definition) is 3. The molecule has 3 aromatic carbocycles. The highest BCUT2D eigenvalue weighted by Crippen LogP contribution is 2.52. The third-order valence-electron chi connectivity index (χ3n) is 9.65. The molecule has 4 N–H and O–H groups in total. The summed E-state index contributed by atoms with van der Waals surface area (Å²) >= 11 is 0. The predicted molar refractivity (Wildman–Crippen MR) is 152 cm³/mol. The summed E-state index contributed by atoms with van der Waals surface area (Å²) in [6.07, 6.45) is 4.21. The van der Waals surface area contributed by atoms with Gasteiger partial charge in [0.25, 0.3) is 0 Å². The zero-order valence-corrected chi connectivity index (χ0v) is 22.3. The summed E-state index contributed by atoms with van der Waals surface area (Å²) in [6, 6.07) is 28.2. The highest BCUT2D eigenvalue weighted by molar-refractivity contribution is 5.95. The van der Waals surface area contributed by atoms with Crippen LogP contribution in [0.3, 0.4) is 0 Å². The molecule has 4 heteroatoms. The molecule has 194 valence electrons. The first-order chi connectivity index (χ1) is 18.0. The normalized spacial score (nSPS) is 20.6. The van der Waals surface area contributed by atoms with Crippen LogP contribution >= 0.6 is 0 Å². The fourth-order valence-corrected chi connectivity index (χ4v) is 7.46. The van der Waals surface area contributed by atoms with E-state index in [1.807, 2.05) is 12.1 Å². The Morgan fingerprint density at radius 1 is 0.676 bits per heavy atom. The van der Waals surface area contributed by atoms with E-state index < -0.39 is 0 Å². The van der Waals surface area contributed by atoms with E-state index in [0.717, 1.165) is 57.4 Å². The molecule has 1 amide bonds. The van der Waals surface area contributed by atoms with Gasteiger partial charge in [0.05, 0.1) is 0 Å². The van der Waals surface area contributed by atoms with Crippen molar-refractivity contribution in [2.24, 2.45) is 5.73 Å². The average molecular weight is 496 g/mol. The third kappa shape index (κ3) is 4.62. The van der Waals surface area contributed by atoms with E-state index >= 15 is 0 Å². The SMILES string of the molecule is CC(c1cccc(C(N)=O)c1C(C)C1(c2ccccc2)CCNCC1)C1(c2ccccc2)CCNCC1. The molecule has 0 aliphatic carbocycles. The van der Waals surface area contributed by atoms with E-state index in [-0.39, 0.29) is 28.6 Å². The number of rotatable bonds is 7. The van der Waals surface area contributed by atoms with Crippen LogP contribution in [0.4, 0.5) is 0 Å². The first-order valence-electron chi connectivity index (χ1n) is 13.9. The minimum absolute atomic E-state index is 0.00524. The van der Waals surface area contributed by atoms with Crippen LogP contribution in [-0.4, -0.2) is 32.1 Å². The Balaban J connectivity index is 1.69. The highest BCUT2D eigenvalue weighted by Gasteiger charge is 2.45. The topological polar surface area (TPSA) is 67.2 Å². The summed E-state index contributed by atoms with van der Waals surface area (Å²) in [7, 11) is 0. The van der Waals surface area contributed by atoms with Gasteiger partial charge >= 0.3 is 0 Å². The van der Waals surface area contributed by atoms with Gasteiger partial charge in [-0.1, -0.05) is 86.6 Å². The molecule has 2 saturated heterocycles. The summed E-state index contributed by atoms with van der Waals surface area (Å²) in [4.78, 5) is 13.0. The lowest BCUT2D eigenvalue weighted by atomic mass is 9.58. The summed E-state index contributed by atoms with van der Waals surface area (Å²) in [5, 5.41) is 7.15. The number of amides is 1. The van der Waals surface area contributed by atoms with Crippen molar-refractivity contribution >= 4 is 5.91 Å². The van der Waals surface area contributed by atoms with Crippen LogP contribution in [0.15, 0.2) is 78.9 Å². The van der Waals surface area contributed by atoms with Crippen LogP contribution in [0.25, 0.3) is 0 Å². The molecule has 2 fully saturated rings. The van der Waals surface area contributed by atoms with E-state index in [4.69, 9.17) is 5.73 Å². The van der Waals surface area contributed by atoms with Crippen LogP contribution in [0, 0.1) is 0 Å². The van der Waals surface area contributed by atoms with Crippen molar-refractivity contribution in [3.63, 3.8) is 0 Å². The molecule has 0 spiro atoms. The number of benzene rings is 3. The van der Waals surface area contributed by atoms with Gasteiger partial charge in [0.1, 0.15) is 0 Å². The quantitative estimate of drug-likeness (QED) is 0.398. The molecule has 0 bridgehead atoms. The van der Waals surface area contributed by atoms with Gasteiger partial charge in [-0.2, -0.15) is 0 Å². The zero-order valence-electron chi connectivity index (χ0n) is 22.3. The summed E-state index contributed by atoms with van der Waals surface area (Å²) in [5.41, 5.74) is 11.9. The maximum absolute atomic E-state index is 13.0. The van der Waals surface area contributed by atoms with Gasteiger partial charge in [-0.25, -0.2) is 0 Å². The molecule has 2 unspecified atom stereocenters. The molecule has 0 radical (unpaired) electrons. The standard InChI is InChI=1S/C33H41N3O/c1-24(32(16-20-35-21-17-32)26-10-5-3-6-11-26)28-14-9-15-29(31(34)37)30(28)25(2)33(18-22-36-23-19-33)27-12-7-4-8-13-27/h3-15,24-25,35-36H,16-23H2,1-2H3,(H2,34,37). The Kier molecular flexibility index (Phi) is 7.50. The Hall–Kier alpha value is -2.95. The second-order valence-electron chi connectivity index (χ2n) is 11.2. The molecule has 2 aliphatic heterocycles. The van der Waals surface area contributed by atoms with Gasteiger partial charge < -0.3 is 16.4 Å². The molecule has 0 saturated carbocycles. The monoisotopic (exact) mass is 495 g/mol. The summed E-state index contributed by atoms with van der Waals surface area (Å²) < 4.78 is 0. The van der Waals surface area contributed by atoms with Crippen LogP contribution in [0.2, 0.25) is 0 Å². The molecular weight excluding hydrogens is 454 g/mol. The number of piperidine rings is 2. The lowest BCUT2D eigenvalue weighted by Crippen LogP contribution is -2.45. The van der Waals surface area contributed by atoms with Crippen molar-refractivity contribution in [3.8, 4) is 0 Å². The molecule has 2 atom stereocenters. The van der Waals surface area contributed by atoms with Gasteiger partial charge in [0, 0.05) is 16.4 Å². The number of carbonyl (C=O) groups excluding carboxylic acids is 1. The minimum Gasteiger partial charge on any atom is -0.366 e. The van der Waals surface area contributed by atoms with Crippen molar-refractivity contribution < 1.29 is 4.79 Å². The lowest BCUT2D eigenvalue weighted by Gasteiger charge is -2.47. The molecule has 0 aromatic heterocycles. The Morgan fingerprint density at radius 2 is 1.14 bits per heavy atom. The van der Waals surface area contributed by atoms with E-state index in [1.165, 1.54) is 16.7 Å². The van der Waals surface area contributed by atoms with Crippen LogP contribution in [-0.2, 0) is 10.8 Å². The number of nitrogens with two attached hydrogens (primary N) is 1. The lowest BCUT2D eigenvalue weighted by molar-refractivity contribution is 0.0997. The molecule has 5 rings (SSSR count). The average Bonchev–Trinajstić information content (AvgIpc) is 2.97. The molecule has 4 nitrogen and oxygen atoms in total. The first-order valence-corrected chi connectivity index (χ1v) is 13.9. The maximum Gasteiger partial charge on any atom is 0.248 e. The highest BCUT2D eigenvalue weighted by atomic mass is 16.1. The predicted octanol–water partition coefficient (Wildman–Crippen LogP) is 5.64. The molecular formula is C33H41N3O. The smallest absolute Gasteiger partial charge is 0.248 e. The van der Waals surface area contributed by atoms with E-state index in [2.05, 4.69) is 91.2 Å². The zero-order chi connectivity index (χ0) is 25.9. The maximum atomic E-state index is 13.0. The van der Waals surface area contributed by atoms with Crippen LogP contribution in [0.1, 0.15) is 84.0 Å². The van der Waals surface area contributed by atoms with Gasteiger partial charge in [-0.3, -0.25) is 4.79 Å². The van der Waals surface area contributed by atoms with E-state index in [9.17, 15) is 4.79 Å². The molecule has 2 heterocycles. The third-order valence-corrected chi connectivity index (χ3v) is 9.65. The van der Waals surface area contributed by atoms with Gasteiger partial charge in [0.15, 0.2) is 0 Å². The number of primary amides is 1. The summed E-state index contributed by atoms with van der Waals surface area (Å²) in [5.74, 6) is 0.0584. The Labute approximate surface area is 222 Å². The molecule has 37 heavy (non-hydrogen) atoms. The van der Waals surface area contributed by atoms with E-state index in [1.54, 1.807) is 0 Å². The fourth-order valence-electron chi connectivity index (χ4n) is 7.46. The van der Waals surface area contributed by atoms with Gasteiger partial charge in [-0.15, -0.1) is 0 Å². The molecule has 2 aliphatic rings. The number of nitrogens with one attached hydrogen (secondary N) is 2. The first kappa shape index (κ1) is 25.7. The van der Waals surface area contributed by atoms with Crippen molar-refractivity contribution in [3.05, 3.63) is 107 Å². The summed E-state index contributed by atoms with van der Waals surface area (Å²) in [6.45, 7) is 8.67.